The molecule has 1 unspecified atom stereocenters. The molecule has 2 aromatic rings. The van der Waals surface area contributed by atoms with Crippen molar-refractivity contribution >= 4 is 23.9 Å². The molecule has 2 aliphatic rings. The van der Waals surface area contributed by atoms with Crippen molar-refractivity contribution in [2.75, 3.05) is 20.3 Å². The smallest absolute Gasteiger partial charge is 0.336 e. The standard InChI is InChI=1S/C30H33N3O7/c1-5-39-29(37)20-16-31-21-13-30(2,3)14-22(34)27(21)26(20)19-10-6-7-11-23(19)40-17-25(35)33-32-15-18-9-8-12-24(38-4)28(18)36/h6-12,15-16,26,31,36H,5,13-14,17H2,1-4H3,(H,33,35). The highest BCUT2D eigenvalue weighted by molar-refractivity contribution is 6.04. The van der Waals surface area contributed by atoms with E-state index in [2.05, 4.69) is 15.8 Å². The van der Waals surface area contributed by atoms with Crippen LogP contribution < -0.4 is 20.2 Å². The molecule has 2 aromatic carbocycles. The zero-order valence-electron chi connectivity index (χ0n) is 22.9. The summed E-state index contributed by atoms with van der Waals surface area (Å²) in [4.78, 5) is 38.9. The number of Topliss-reactive ketones (excluding diaryl/α,β-unsaturated/α-hetero) is 1. The Kier molecular flexibility index (Phi) is 8.57. The Morgan fingerprint density at radius 2 is 1.90 bits per heavy atom. The van der Waals surface area contributed by atoms with Crippen molar-refractivity contribution in [1.29, 1.82) is 0 Å². The summed E-state index contributed by atoms with van der Waals surface area (Å²) in [5.41, 5.74) is 4.64. The minimum Gasteiger partial charge on any atom is -0.504 e. The first-order valence-corrected chi connectivity index (χ1v) is 12.9. The molecule has 4 rings (SSSR count). The Morgan fingerprint density at radius 3 is 2.65 bits per heavy atom. The lowest BCUT2D eigenvalue weighted by Gasteiger charge is -2.38. The lowest BCUT2D eigenvalue weighted by molar-refractivity contribution is -0.138. The number of methoxy groups -OCH3 is 1. The molecule has 0 spiro atoms. The van der Waals surface area contributed by atoms with Crippen molar-refractivity contribution < 1.29 is 33.7 Å². The van der Waals surface area contributed by atoms with E-state index < -0.39 is 17.8 Å². The minimum absolute atomic E-state index is 0.0543. The van der Waals surface area contributed by atoms with Gasteiger partial charge in [0.05, 0.1) is 31.4 Å². The van der Waals surface area contributed by atoms with Crippen LogP contribution in [0.25, 0.3) is 0 Å². The number of hydrazone groups is 1. The molecular formula is C30H33N3O7. The van der Waals surface area contributed by atoms with Crippen LogP contribution in [0.1, 0.15) is 50.7 Å². The van der Waals surface area contributed by atoms with Gasteiger partial charge in [0.1, 0.15) is 5.75 Å². The Balaban J connectivity index is 1.56. The first-order chi connectivity index (χ1) is 19.1. The van der Waals surface area contributed by atoms with Gasteiger partial charge in [0.2, 0.25) is 0 Å². The van der Waals surface area contributed by atoms with Crippen LogP contribution in [0.3, 0.4) is 0 Å². The van der Waals surface area contributed by atoms with Gasteiger partial charge < -0.3 is 24.6 Å². The van der Waals surface area contributed by atoms with Crippen LogP contribution in [-0.4, -0.2) is 49.3 Å². The summed E-state index contributed by atoms with van der Waals surface area (Å²) in [5, 5.41) is 17.2. The first kappa shape index (κ1) is 28.4. The molecule has 0 bridgehead atoms. The van der Waals surface area contributed by atoms with Crippen LogP contribution in [0, 0.1) is 5.41 Å². The third-order valence-electron chi connectivity index (χ3n) is 6.66. The van der Waals surface area contributed by atoms with Crippen LogP contribution in [-0.2, 0) is 19.1 Å². The molecule has 0 saturated carbocycles. The van der Waals surface area contributed by atoms with Gasteiger partial charge in [0, 0.05) is 35.0 Å². The zero-order chi connectivity index (χ0) is 28.9. The van der Waals surface area contributed by atoms with E-state index in [4.69, 9.17) is 14.2 Å². The number of carbonyl (C=O) groups is 3. The predicted octanol–water partition coefficient (Wildman–Crippen LogP) is 3.71. The number of phenolic OH excluding ortho intramolecular Hbond substituents is 1. The fraction of sp³-hybridized carbons (Fsp3) is 0.333. The number of esters is 1. The molecule has 0 saturated heterocycles. The summed E-state index contributed by atoms with van der Waals surface area (Å²) in [5.74, 6) is -1.33. The molecule has 40 heavy (non-hydrogen) atoms. The quantitative estimate of drug-likeness (QED) is 0.246. The van der Waals surface area contributed by atoms with E-state index in [0.717, 1.165) is 5.70 Å². The van der Waals surface area contributed by atoms with E-state index in [1.807, 2.05) is 13.8 Å². The molecule has 1 atom stereocenters. The van der Waals surface area contributed by atoms with Crippen molar-refractivity contribution in [3.63, 3.8) is 0 Å². The zero-order valence-corrected chi connectivity index (χ0v) is 22.9. The van der Waals surface area contributed by atoms with Gasteiger partial charge in [-0.05, 0) is 37.0 Å². The van der Waals surface area contributed by atoms with Crippen molar-refractivity contribution in [2.45, 2.75) is 39.5 Å². The summed E-state index contributed by atoms with van der Waals surface area (Å²) in [6.45, 7) is 5.58. The van der Waals surface area contributed by atoms with E-state index in [9.17, 15) is 19.5 Å². The maximum atomic E-state index is 13.4. The van der Waals surface area contributed by atoms with Crippen molar-refractivity contribution in [3.05, 3.63) is 76.6 Å². The molecule has 1 aliphatic carbocycles. The number of hydrogen-bond acceptors (Lipinski definition) is 9. The van der Waals surface area contributed by atoms with Crippen molar-refractivity contribution in [1.82, 2.24) is 10.7 Å². The highest BCUT2D eigenvalue weighted by Gasteiger charge is 2.42. The predicted molar refractivity (Wildman–Crippen MR) is 148 cm³/mol. The molecule has 10 nitrogen and oxygen atoms in total. The Labute approximate surface area is 232 Å². The summed E-state index contributed by atoms with van der Waals surface area (Å²) >= 11 is 0. The molecule has 3 N–H and O–H groups in total. The van der Waals surface area contributed by atoms with Crippen LogP contribution in [0.4, 0.5) is 0 Å². The number of dihydropyridines is 1. The molecule has 210 valence electrons. The molecule has 1 heterocycles. The van der Waals surface area contributed by atoms with E-state index in [0.29, 0.717) is 35.3 Å². The van der Waals surface area contributed by atoms with E-state index in [-0.39, 0.29) is 41.5 Å². The second kappa shape index (κ2) is 12.1. The normalized spacial score (nSPS) is 17.9. The van der Waals surface area contributed by atoms with E-state index in [1.54, 1.807) is 55.6 Å². The Morgan fingerprint density at radius 1 is 1.15 bits per heavy atom. The first-order valence-electron chi connectivity index (χ1n) is 12.9. The number of para-hydroxylation sites is 2. The monoisotopic (exact) mass is 547 g/mol. The molecule has 0 fully saturated rings. The minimum atomic E-state index is -0.716. The number of hydrogen-bond donors (Lipinski definition) is 3. The van der Waals surface area contributed by atoms with Crippen LogP contribution >= 0.6 is 0 Å². The number of nitrogens with zero attached hydrogens (tertiary/aromatic N) is 1. The van der Waals surface area contributed by atoms with Gasteiger partial charge >= 0.3 is 5.97 Å². The fourth-order valence-corrected chi connectivity index (χ4v) is 4.92. The number of allylic oxidation sites excluding steroid dienone is 2. The molecule has 0 radical (unpaired) electrons. The van der Waals surface area contributed by atoms with E-state index >= 15 is 0 Å². The number of nitrogens with one attached hydrogen (secondary N) is 2. The summed E-state index contributed by atoms with van der Waals surface area (Å²) in [7, 11) is 1.44. The third-order valence-corrected chi connectivity index (χ3v) is 6.66. The van der Waals surface area contributed by atoms with Crippen molar-refractivity contribution in [3.8, 4) is 17.2 Å². The number of carbonyl (C=O) groups excluding carboxylic acids is 3. The number of benzene rings is 2. The highest BCUT2D eigenvalue weighted by atomic mass is 16.5. The molecule has 10 heteroatoms. The summed E-state index contributed by atoms with van der Waals surface area (Å²) < 4.78 is 16.2. The Bertz CT molecular complexity index is 1410. The maximum Gasteiger partial charge on any atom is 0.336 e. The number of rotatable bonds is 9. The molecule has 1 amide bonds. The van der Waals surface area contributed by atoms with Crippen LogP contribution in [0.15, 0.2) is 70.6 Å². The Hall–Kier alpha value is -4.60. The van der Waals surface area contributed by atoms with Crippen LogP contribution in [0.5, 0.6) is 17.2 Å². The van der Waals surface area contributed by atoms with Gasteiger partial charge in [-0.2, -0.15) is 5.10 Å². The average Bonchev–Trinajstić information content (AvgIpc) is 2.92. The summed E-state index contributed by atoms with van der Waals surface area (Å²) in [6.07, 6.45) is 3.87. The second-order valence-corrected chi connectivity index (χ2v) is 10.2. The molecule has 1 aliphatic heterocycles. The SMILES string of the molecule is CCOC(=O)C1=CNC2=C(C(=O)CC(C)(C)C2)C1c1ccccc1OCC(=O)NN=Cc1cccc(OC)c1O. The van der Waals surface area contributed by atoms with Gasteiger partial charge in [-0.15, -0.1) is 0 Å². The molecular weight excluding hydrogens is 514 g/mol. The lowest BCUT2D eigenvalue weighted by atomic mass is 9.69. The lowest BCUT2D eigenvalue weighted by Crippen LogP contribution is -2.37. The number of aromatic hydroxyl groups is 1. The topological polar surface area (TPSA) is 136 Å². The number of ether oxygens (including phenoxy) is 3. The van der Waals surface area contributed by atoms with Crippen LogP contribution in [0.2, 0.25) is 0 Å². The van der Waals surface area contributed by atoms with Gasteiger partial charge in [-0.3, -0.25) is 9.59 Å². The number of ketones is 1. The number of phenols is 1. The highest BCUT2D eigenvalue weighted by Crippen LogP contribution is 2.47. The maximum absolute atomic E-state index is 13.4. The van der Waals surface area contributed by atoms with Crippen molar-refractivity contribution in [2.24, 2.45) is 10.5 Å². The molecule has 0 aromatic heterocycles. The average molecular weight is 548 g/mol. The van der Waals surface area contributed by atoms with Gasteiger partial charge in [-0.25, -0.2) is 10.2 Å². The summed E-state index contributed by atoms with van der Waals surface area (Å²) in [6, 6.07) is 11.9. The van der Waals surface area contributed by atoms with Gasteiger partial charge in [0.15, 0.2) is 23.9 Å². The van der Waals surface area contributed by atoms with Gasteiger partial charge in [-0.1, -0.05) is 38.1 Å². The van der Waals surface area contributed by atoms with E-state index in [1.165, 1.54) is 13.3 Å². The van der Waals surface area contributed by atoms with Gasteiger partial charge in [0.25, 0.3) is 5.91 Å². The largest absolute Gasteiger partial charge is 0.504 e. The third kappa shape index (κ3) is 6.17. The second-order valence-electron chi connectivity index (χ2n) is 10.2. The fourth-order valence-electron chi connectivity index (χ4n) is 4.92. The number of amides is 1.